The minimum absolute atomic E-state index is 0.139. The fourth-order valence-electron chi connectivity index (χ4n) is 2.55. The van der Waals surface area contributed by atoms with Crippen LogP contribution in [0, 0.1) is 5.92 Å². The van der Waals surface area contributed by atoms with Crippen molar-refractivity contribution in [2.45, 2.75) is 45.6 Å². The summed E-state index contributed by atoms with van der Waals surface area (Å²) in [6.45, 7) is 8.48. The largest absolute Gasteiger partial charge is 0.468 e. The Labute approximate surface area is 111 Å². The summed E-state index contributed by atoms with van der Waals surface area (Å²) >= 11 is 0. The van der Waals surface area contributed by atoms with Gasteiger partial charge in [0, 0.05) is 6.54 Å². The number of nitrogens with zero attached hydrogens (tertiary/aromatic N) is 1. The molecule has 4 nitrogen and oxygen atoms in total. The van der Waals surface area contributed by atoms with Crippen LogP contribution in [0.5, 0.6) is 0 Å². The van der Waals surface area contributed by atoms with Gasteiger partial charge in [-0.05, 0) is 51.2 Å². The van der Waals surface area contributed by atoms with Gasteiger partial charge in [0.2, 0.25) is 0 Å². The number of esters is 1. The van der Waals surface area contributed by atoms with Crippen LogP contribution in [0.4, 0.5) is 0 Å². The Morgan fingerprint density at radius 1 is 1.44 bits per heavy atom. The van der Waals surface area contributed by atoms with Gasteiger partial charge in [-0.1, -0.05) is 13.8 Å². The Bertz CT molecular complexity index is 246. The average molecular weight is 256 g/mol. The van der Waals surface area contributed by atoms with Crippen LogP contribution in [-0.4, -0.2) is 50.2 Å². The minimum atomic E-state index is -0.152. The Balaban J connectivity index is 2.34. The van der Waals surface area contributed by atoms with E-state index in [1.807, 2.05) is 6.92 Å². The van der Waals surface area contributed by atoms with Crippen LogP contribution in [0.1, 0.15) is 39.5 Å². The molecule has 2 atom stereocenters. The lowest BCUT2D eigenvalue weighted by Crippen LogP contribution is -2.40. The SMILES string of the molecule is CCNC(CCN1CCCC(C)CC1)C(=O)OC. The number of carbonyl (C=O) groups excluding carboxylic acids is 1. The van der Waals surface area contributed by atoms with Gasteiger partial charge in [-0.3, -0.25) is 4.79 Å². The quantitative estimate of drug-likeness (QED) is 0.734. The number of rotatable bonds is 6. The number of likely N-dealkylation sites (N-methyl/N-ethyl adjacent to an activating group) is 1. The summed E-state index contributed by atoms with van der Waals surface area (Å²) in [5.74, 6) is 0.709. The lowest BCUT2D eigenvalue weighted by Gasteiger charge is -2.23. The van der Waals surface area contributed by atoms with Crippen molar-refractivity contribution in [2.24, 2.45) is 5.92 Å². The van der Waals surface area contributed by atoms with Crippen molar-refractivity contribution < 1.29 is 9.53 Å². The third-order valence-electron chi connectivity index (χ3n) is 3.78. The molecule has 18 heavy (non-hydrogen) atoms. The van der Waals surface area contributed by atoms with E-state index in [2.05, 4.69) is 17.1 Å². The second-order valence-corrected chi connectivity index (χ2v) is 5.30. The van der Waals surface area contributed by atoms with Gasteiger partial charge in [0.15, 0.2) is 0 Å². The van der Waals surface area contributed by atoms with Crippen LogP contribution in [0.25, 0.3) is 0 Å². The molecule has 1 heterocycles. The van der Waals surface area contributed by atoms with Crippen LogP contribution in [0.2, 0.25) is 0 Å². The molecule has 4 heteroatoms. The lowest BCUT2D eigenvalue weighted by molar-refractivity contribution is -0.143. The van der Waals surface area contributed by atoms with Crippen molar-refractivity contribution in [3.05, 3.63) is 0 Å². The number of likely N-dealkylation sites (tertiary alicyclic amines) is 1. The fourth-order valence-corrected chi connectivity index (χ4v) is 2.55. The van der Waals surface area contributed by atoms with Crippen LogP contribution in [0.3, 0.4) is 0 Å². The van der Waals surface area contributed by atoms with E-state index in [0.717, 1.165) is 25.4 Å². The predicted molar refractivity (Wildman–Crippen MR) is 73.6 cm³/mol. The first-order valence-electron chi connectivity index (χ1n) is 7.21. The summed E-state index contributed by atoms with van der Waals surface area (Å²) < 4.78 is 4.83. The highest BCUT2D eigenvalue weighted by Gasteiger charge is 2.20. The fraction of sp³-hybridized carbons (Fsp3) is 0.929. The van der Waals surface area contributed by atoms with E-state index in [4.69, 9.17) is 4.74 Å². The molecule has 1 N–H and O–H groups in total. The van der Waals surface area contributed by atoms with E-state index in [0.29, 0.717) is 0 Å². The van der Waals surface area contributed by atoms with Gasteiger partial charge in [-0.15, -0.1) is 0 Å². The van der Waals surface area contributed by atoms with Crippen molar-refractivity contribution in [3.8, 4) is 0 Å². The van der Waals surface area contributed by atoms with Gasteiger partial charge in [0.25, 0.3) is 0 Å². The van der Waals surface area contributed by atoms with Crippen molar-refractivity contribution in [1.29, 1.82) is 0 Å². The summed E-state index contributed by atoms with van der Waals surface area (Å²) in [5, 5.41) is 3.20. The van der Waals surface area contributed by atoms with E-state index in [1.54, 1.807) is 0 Å². The highest BCUT2D eigenvalue weighted by molar-refractivity contribution is 5.75. The van der Waals surface area contributed by atoms with Gasteiger partial charge in [-0.25, -0.2) is 0 Å². The molecule has 0 bridgehead atoms. The molecule has 0 radical (unpaired) electrons. The van der Waals surface area contributed by atoms with Gasteiger partial charge in [0.1, 0.15) is 6.04 Å². The average Bonchev–Trinajstić information content (AvgIpc) is 2.58. The number of carbonyl (C=O) groups is 1. The van der Waals surface area contributed by atoms with Crippen LogP contribution >= 0.6 is 0 Å². The summed E-state index contributed by atoms with van der Waals surface area (Å²) in [6, 6.07) is -0.152. The first kappa shape index (κ1) is 15.4. The molecule has 0 aromatic rings. The van der Waals surface area contributed by atoms with Crippen molar-refractivity contribution in [3.63, 3.8) is 0 Å². The lowest BCUT2D eigenvalue weighted by atomic mass is 10.0. The number of nitrogens with one attached hydrogen (secondary N) is 1. The Kier molecular flexibility index (Phi) is 7.28. The number of ether oxygens (including phenoxy) is 1. The smallest absolute Gasteiger partial charge is 0.322 e. The van der Waals surface area contributed by atoms with Gasteiger partial charge >= 0.3 is 5.97 Å². The topological polar surface area (TPSA) is 41.6 Å². The second-order valence-electron chi connectivity index (χ2n) is 5.30. The molecule has 1 saturated heterocycles. The first-order valence-corrected chi connectivity index (χ1v) is 7.21. The zero-order valence-electron chi connectivity index (χ0n) is 12.1. The molecule has 106 valence electrons. The molecular weight excluding hydrogens is 228 g/mol. The minimum Gasteiger partial charge on any atom is -0.468 e. The third-order valence-corrected chi connectivity index (χ3v) is 3.78. The Morgan fingerprint density at radius 2 is 2.22 bits per heavy atom. The summed E-state index contributed by atoms with van der Waals surface area (Å²) in [5.41, 5.74) is 0. The number of hydrogen-bond acceptors (Lipinski definition) is 4. The van der Waals surface area contributed by atoms with Crippen LogP contribution in [-0.2, 0) is 9.53 Å². The molecule has 0 amide bonds. The van der Waals surface area contributed by atoms with Crippen molar-refractivity contribution >= 4 is 5.97 Å². The maximum absolute atomic E-state index is 11.6. The van der Waals surface area contributed by atoms with Crippen LogP contribution < -0.4 is 5.32 Å². The van der Waals surface area contributed by atoms with Gasteiger partial charge in [0.05, 0.1) is 7.11 Å². The molecule has 0 aliphatic carbocycles. The summed E-state index contributed by atoms with van der Waals surface area (Å²) in [4.78, 5) is 14.1. The molecule has 1 rings (SSSR count). The molecule has 0 aromatic heterocycles. The molecule has 0 saturated carbocycles. The van der Waals surface area contributed by atoms with E-state index in [9.17, 15) is 4.79 Å². The van der Waals surface area contributed by atoms with Crippen molar-refractivity contribution in [1.82, 2.24) is 10.2 Å². The molecule has 2 unspecified atom stereocenters. The van der Waals surface area contributed by atoms with E-state index < -0.39 is 0 Å². The van der Waals surface area contributed by atoms with Crippen LogP contribution in [0.15, 0.2) is 0 Å². The standard InChI is InChI=1S/C14H28N2O2/c1-4-15-13(14(17)18-3)8-11-16-9-5-6-12(2)7-10-16/h12-13,15H,4-11H2,1-3H3. The number of hydrogen-bond donors (Lipinski definition) is 1. The molecule has 0 aromatic carbocycles. The normalized spacial score (nSPS) is 23.4. The molecule has 1 aliphatic rings. The zero-order chi connectivity index (χ0) is 13.4. The number of methoxy groups -OCH3 is 1. The van der Waals surface area contributed by atoms with E-state index in [-0.39, 0.29) is 12.0 Å². The summed E-state index contributed by atoms with van der Waals surface area (Å²) in [7, 11) is 1.46. The molecule has 0 spiro atoms. The monoisotopic (exact) mass is 256 g/mol. The predicted octanol–water partition coefficient (Wildman–Crippen LogP) is 1.65. The maximum Gasteiger partial charge on any atom is 0.322 e. The highest BCUT2D eigenvalue weighted by atomic mass is 16.5. The van der Waals surface area contributed by atoms with Gasteiger partial charge in [-0.2, -0.15) is 0 Å². The molecule has 1 fully saturated rings. The second kappa shape index (κ2) is 8.48. The highest BCUT2D eigenvalue weighted by Crippen LogP contribution is 2.16. The van der Waals surface area contributed by atoms with E-state index >= 15 is 0 Å². The Hall–Kier alpha value is -0.610. The first-order chi connectivity index (χ1) is 8.67. The zero-order valence-corrected chi connectivity index (χ0v) is 12.1. The summed E-state index contributed by atoms with van der Waals surface area (Å²) in [6.07, 6.45) is 4.74. The maximum atomic E-state index is 11.6. The molecule has 1 aliphatic heterocycles. The van der Waals surface area contributed by atoms with Gasteiger partial charge < -0.3 is 15.0 Å². The molecular formula is C14H28N2O2. The van der Waals surface area contributed by atoms with E-state index in [1.165, 1.54) is 39.5 Å². The third kappa shape index (κ3) is 5.36. The Morgan fingerprint density at radius 3 is 2.89 bits per heavy atom. The van der Waals surface area contributed by atoms with Crippen molar-refractivity contribution in [2.75, 3.05) is 33.3 Å².